The van der Waals surface area contributed by atoms with Crippen LogP contribution in [0.1, 0.15) is 36.9 Å². The van der Waals surface area contributed by atoms with E-state index < -0.39 is 0 Å². The maximum Gasteiger partial charge on any atom is 0.315 e. The van der Waals surface area contributed by atoms with Crippen molar-refractivity contribution in [3.05, 3.63) is 29.3 Å². The molecule has 1 aromatic rings. The van der Waals surface area contributed by atoms with Crippen LogP contribution < -0.4 is 15.4 Å². The number of fused-ring (bicyclic) bond motifs is 1. The smallest absolute Gasteiger partial charge is 0.315 e. The second kappa shape index (κ2) is 7.31. The molecule has 3 N–H and O–H groups in total. The Bertz CT molecular complexity index is 490. The summed E-state index contributed by atoms with van der Waals surface area (Å²) in [5.41, 5.74) is 2.34. The first-order valence-corrected chi connectivity index (χ1v) is 7.46. The SMILES string of the molecule is COc1cccc2c1CCC2NC(=O)NCC(C)CCO. The zero-order valence-corrected chi connectivity index (χ0v) is 12.7. The van der Waals surface area contributed by atoms with Crippen molar-refractivity contribution < 1.29 is 14.6 Å². The van der Waals surface area contributed by atoms with Crippen LogP contribution in [0.25, 0.3) is 0 Å². The molecule has 5 nitrogen and oxygen atoms in total. The predicted molar refractivity (Wildman–Crippen MR) is 81.5 cm³/mol. The number of aliphatic hydroxyl groups is 1. The lowest BCUT2D eigenvalue weighted by molar-refractivity contribution is 0.230. The molecular formula is C16H24N2O3. The molecule has 0 aromatic heterocycles. The highest BCUT2D eigenvalue weighted by atomic mass is 16.5. The van der Waals surface area contributed by atoms with Gasteiger partial charge >= 0.3 is 6.03 Å². The van der Waals surface area contributed by atoms with Gasteiger partial charge in [0.2, 0.25) is 0 Å². The number of carbonyl (C=O) groups is 1. The summed E-state index contributed by atoms with van der Waals surface area (Å²) >= 11 is 0. The molecule has 21 heavy (non-hydrogen) atoms. The first-order valence-electron chi connectivity index (χ1n) is 7.46. The third-order valence-electron chi connectivity index (χ3n) is 3.99. The Morgan fingerprint density at radius 2 is 2.33 bits per heavy atom. The van der Waals surface area contributed by atoms with Gasteiger partial charge in [-0.2, -0.15) is 0 Å². The zero-order valence-electron chi connectivity index (χ0n) is 12.7. The fraction of sp³-hybridized carbons (Fsp3) is 0.562. The van der Waals surface area contributed by atoms with E-state index in [1.165, 1.54) is 5.56 Å². The molecule has 0 saturated carbocycles. The van der Waals surface area contributed by atoms with Crippen molar-refractivity contribution in [1.82, 2.24) is 10.6 Å². The van der Waals surface area contributed by atoms with Gasteiger partial charge in [-0.1, -0.05) is 19.1 Å². The predicted octanol–water partition coefficient (Wildman–Crippen LogP) is 2.00. The van der Waals surface area contributed by atoms with Crippen LogP contribution in [0, 0.1) is 5.92 Å². The second-order valence-corrected chi connectivity index (χ2v) is 5.59. The number of carbonyl (C=O) groups excluding carboxylic acids is 1. The van der Waals surface area contributed by atoms with Crippen molar-refractivity contribution in [3.63, 3.8) is 0 Å². The number of nitrogens with one attached hydrogen (secondary N) is 2. The highest BCUT2D eigenvalue weighted by molar-refractivity contribution is 5.74. The zero-order chi connectivity index (χ0) is 15.2. The van der Waals surface area contributed by atoms with Crippen molar-refractivity contribution >= 4 is 6.03 Å². The van der Waals surface area contributed by atoms with E-state index >= 15 is 0 Å². The summed E-state index contributed by atoms with van der Waals surface area (Å²) in [4.78, 5) is 12.0. The molecule has 116 valence electrons. The van der Waals surface area contributed by atoms with Crippen molar-refractivity contribution in [2.24, 2.45) is 5.92 Å². The van der Waals surface area contributed by atoms with Crippen LogP contribution in [0.2, 0.25) is 0 Å². The van der Waals surface area contributed by atoms with Gasteiger partial charge in [0.15, 0.2) is 0 Å². The van der Waals surface area contributed by atoms with E-state index in [4.69, 9.17) is 9.84 Å². The first-order chi connectivity index (χ1) is 10.2. The number of benzene rings is 1. The summed E-state index contributed by atoms with van der Waals surface area (Å²) < 4.78 is 5.36. The maximum atomic E-state index is 12.0. The van der Waals surface area contributed by atoms with Crippen LogP contribution in [0.3, 0.4) is 0 Å². The summed E-state index contributed by atoms with van der Waals surface area (Å²) in [5.74, 6) is 1.17. The van der Waals surface area contributed by atoms with Gasteiger partial charge in [-0.15, -0.1) is 0 Å². The molecule has 2 atom stereocenters. The summed E-state index contributed by atoms with van der Waals surface area (Å²) in [6.07, 6.45) is 2.52. The van der Waals surface area contributed by atoms with E-state index in [0.29, 0.717) is 13.0 Å². The summed E-state index contributed by atoms with van der Waals surface area (Å²) in [7, 11) is 1.67. The Morgan fingerprint density at radius 3 is 3.05 bits per heavy atom. The largest absolute Gasteiger partial charge is 0.496 e. The van der Waals surface area contributed by atoms with E-state index in [0.717, 1.165) is 24.2 Å². The average Bonchev–Trinajstić information content (AvgIpc) is 2.88. The molecule has 1 aliphatic carbocycles. The lowest BCUT2D eigenvalue weighted by Gasteiger charge is -2.17. The minimum Gasteiger partial charge on any atom is -0.496 e. The van der Waals surface area contributed by atoms with E-state index in [9.17, 15) is 4.79 Å². The monoisotopic (exact) mass is 292 g/mol. The van der Waals surface area contributed by atoms with E-state index in [1.807, 2.05) is 25.1 Å². The van der Waals surface area contributed by atoms with Crippen molar-refractivity contribution in [1.29, 1.82) is 0 Å². The third kappa shape index (κ3) is 3.88. The van der Waals surface area contributed by atoms with Crippen molar-refractivity contribution in [3.8, 4) is 5.75 Å². The van der Waals surface area contributed by atoms with Gasteiger partial charge in [-0.25, -0.2) is 4.79 Å². The van der Waals surface area contributed by atoms with E-state index in [-0.39, 0.29) is 24.6 Å². The first kappa shape index (κ1) is 15.6. The fourth-order valence-electron chi connectivity index (χ4n) is 2.76. The molecule has 0 fully saturated rings. The molecule has 0 bridgehead atoms. The Balaban J connectivity index is 1.90. The molecule has 2 unspecified atom stereocenters. The minimum atomic E-state index is -0.152. The molecule has 2 rings (SSSR count). The van der Waals surface area contributed by atoms with Crippen LogP contribution in [0.4, 0.5) is 4.79 Å². The van der Waals surface area contributed by atoms with Crippen LogP contribution >= 0.6 is 0 Å². The topological polar surface area (TPSA) is 70.6 Å². The van der Waals surface area contributed by atoms with Crippen LogP contribution in [0.15, 0.2) is 18.2 Å². The Kier molecular flexibility index (Phi) is 5.44. The van der Waals surface area contributed by atoms with Crippen LogP contribution in [-0.4, -0.2) is 31.4 Å². The molecule has 0 spiro atoms. The number of rotatable bonds is 6. The van der Waals surface area contributed by atoms with Gasteiger partial charge in [-0.05, 0) is 42.4 Å². The van der Waals surface area contributed by atoms with Gasteiger partial charge in [0.05, 0.1) is 13.2 Å². The maximum absolute atomic E-state index is 12.0. The third-order valence-corrected chi connectivity index (χ3v) is 3.99. The molecule has 2 amide bonds. The Morgan fingerprint density at radius 1 is 1.52 bits per heavy atom. The summed E-state index contributed by atoms with van der Waals surface area (Å²) in [6, 6.07) is 5.85. The molecule has 0 radical (unpaired) electrons. The van der Waals surface area contributed by atoms with Gasteiger partial charge in [0.25, 0.3) is 0 Å². The van der Waals surface area contributed by atoms with Crippen molar-refractivity contribution in [2.75, 3.05) is 20.3 Å². The summed E-state index contributed by atoms with van der Waals surface area (Å²) in [5, 5.41) is 14.7. The summed E-state index contributed by atoms with van der Waals surface area (Å²) in [6.45, 7) is 2.73. The highest BCUT2D eigenvalue weighted by Crippen LogP contribution is 2.36. The molecule has 5 heteroatoms. The van der Waals surface area contributed by atoms with Gasteiger partial charge in [0, 0.05) is 13.2 Å². The van der Waals surface area contributed by atoms with E-state index in [1.54, 1.807) is 7.11 Å². The Hall–Kier alpha value is -1.75. The minimum absolute atomic E-state index is 0.0447. The molecule has 1 aliphatic rings. The normalized spacial score (nSPS) is 18.0. The average molecular weight is 292 g/mol. The van der Waals surface area contributed by atoms with Gasteiger partial charge in [-0.3, -0.25) is 0 Å². The molecule has 1 aromatic carbocycles. The number of hydrogen-bond donors (Lipinski definition) is 3. The lowest BCUT2D eigenvalue weighted by atomic mass is 10.1. The van der Waals surface area contributed by atoms with Gasteiger partial charge < -0.3 is 20.5 Å². The quantitative estimate of drug-likeness (QED) is 0.751. The number of methoxy groups -OCH3 is 1. The molecule has 0 heterocycles. The van der Waals surface area contributed by atoms with Crippen LogP contribution in [0.5, 0.6) is 5.75 Å². The van der Waals surface area contributed by atoms with Crippen LogP contribution in [-0.2, 0) is 6.42 Å². The number of hydrogen-bond acceptors (Lipinski definition) is 3. The van der Waals surface area contributed by atoms with Gasteiger partial charge in [0.1, 0.15) is 5.75 Å². The highest BCUT2D eigenvalue weighted by Gasteiger charge is 2.26. The number of urea groups is 1. The number of amides is 2. The lowest BCUT2D eigenvalue weighted by Crippen LogP contribution is -2.39. The Labute approximate surface area is 125 Å². The second-order valence-electron chi connectivity index (χ2n) is 5.59. The van der Waals surface area contributed by atoms with E-state index in [2.05, 4.69) is 10.6 Å². The molecular weight excluding hydrogens is 268 g/mol. The molecule has 0 saturated heterocycles. The fourth-order valence-corrected chi connectivity index (χ4v) is 2.76. The molecule has 0 aliphatic heterocycles. The standard InChI is InChI=1S/C16H24N2O3/c1-11(8-9-19)10-17-16(20)18-14-7-6-13-12(14)4-3-5-15(13)21-2/h3-5,11,14,19H,6-10H2,1-2H3,(H2,17,18,20). The van der Waals surface area contributed by atoms with Crippen molar-refractivity contribution in [2.45, 2.75) is 32.2 Å². The number of aliphatic hydroxyl groups excluding tert-OH is 1. The number of ether oxygens (including phenoxy) is 1.